The highest BCUT2D eigenvalue weighted by molar-refractivity contribution is 7.71. The molecule has 0 radical (unpaired) electrons. The van der Waals surface area contributed by atoms with Crippen LogP contribution < -0.4 is 4.74 Å². The number of benzene rings is 2. The smallest absolute Gasteiger partial charge is 0.182 e. The zero-order chi connectivity index (χ0) is 14.3. The molecule has 1 heterocycles. The van der Waals surface area contributed by atoms with Crippen LogP contribution in [0.3, 0.4) is 0 Å². The number of aromatic nitrogens is 2. The minimum absolute atomic E-state index is 0.696. The lowest BCUT2D eigenvalue weighted by atomic mass is 10.1. The van der Waals surface area contributed by atoms with Gasteiger partial charge in [-0.25, -0.2) is 0 Å². The van der Waals surface area contributed by atoms with Crippen LogP contribution in [0.25, 0.3) is 16.7 Å². The van der Waals surface area contributed by atoms with Crippen molar-refractivity contribution in [1.29, 1.82) is 0 Å². The van der Waals surface area contributed by atoms with Gasteiger partial charge < -0.3 is 9.72 Å². The van der Waals surface area contributed by atoms with E-state index in [4.69, 9.17) is 17.0 Å². The lowest BCUT2D eigenvalue weighted by Gasteiger charge is -2.11. The van der Waals surface area contributed by atoms with Crippen LogP contribution in [-0.4, -0.2) is 16.7 Å². The maximum absolute atomic E-state index is 5.48. The van der Waals surface area contributed by atoms with Crippen LogP contribution in [-0.2, 0) is 0 Å². The molecule has 0 spiro atoms. The Labute approximate surface area is 122 Å². The highest BCUT2D eigenvalue weighted by atomic mass is 32.1. The number of H-pyrrole nitrogens is 1. The van der Waals surface area contributed by atoms with Crippen LogP contribution in [0.5, 0.6) is 5.75 Å². The third-order valence-electron chi connectivity index (χ3n) is 3.71. The van der Waals surface area contributed by atoms with Gasteiger partial charge in [0.05, 0.1) is 23.8 Å². The fourth-order valence-corrected chi connectivity index (χ4v) is 2.73. The quantitative estimate of drug-likeness (QED) is 0.710. The number of methoxy groups -OCH3 is 1. The van der Waals surface area contributed by atoms with E-state index in [-0.39, 0.29) is 0 Å². The predicted octanol–water partition coefficient (Wildman–Crippen LogP) is 4.31. The van der Waals surface area contributed by atoms with Gasteiger partial charge in [0.2, 0.25) is 0 Å². The molecule has 102 valence electrons. The number of aryl methyl sites for hydroxylation is 1. The molecular weight excluding hydrogens is 268 g/mol. The standard InChI is InChI=1S/C16H16N2OS/c1-10-5-4-6-14(11(10)2)18-15-9-12(19-3)7-8-13(15)17-16(18)20/h4-9H,1-3H3,(H,17,20). The average molecular weight is 284 g/mol. The van der Waals surface area contributed by atoms with Crippen LogP contribution >= 0.6 is 12.2 Å². The van der Waals surface area contributed by atoms with E-state index in [9.17, 15) is 0 Å². The molecule has 0 bridgehead atoms. The number of rotatable bonds is 2. The highest BCUT2D eigenvalue weighted by Gasteiger charge is 2.10. The van der Waals surface area contributed by atoms with E-state index in [0.717, 1.165) is 22.5 Å². The van der Waals surface area contributed by atoms with Crippen molar-refractivity contribution in [3.8, 4) is 11.4 Å². The molecule has 1 aromatic heterocycles. The molecule has 2 aromatic carbocycles. The van der Waals surface area contributed by atoms with Crippen LogP contribution in [0.1, 0.15) is 11.1 Å². The second-order valence-electron chi connectivity index (χ2n) is 4.87. The number of fused-ring (bicyclic) bond motifs is 1. The Hall–Kier alpha value is -2.07. The number of nitrogens with zero attached hydrogens (tertiary/aromatic N) is 1. The Balaban J connectivity index is 2.38. The maximum Gasteiger partial charge on any atom is 0.182 e. The Bertz CT molecular complexity index is 845. The van der Waals surface area contributed by atoms with Crippen molar-refractivity contribution in [2.24, 2.45) is 0 Å². The van der Waals surface area contributed by atoms with Crippen LogP contribution in [0, 0.1) is 18.6 Å². The molecular formula is C16H16N2OS. The number of hydrogen-bond donors (Lipinski definition) is 1. The van der Waals surface area contributed by atoms with Crippen LogP contribution in [0.4, 0.5) is 0 Å². The van der Waals surface area contributed by atoms with Gasteiger partial charge in [-0.15, -0.1) is 0 Å². The lowest BCUT2D eigenvalue weighted by Crippen LogP contribution is -1.98. The van der Waals surface area contributed by atoms with E-state index in [0.29, 0.717) is 4.77 Å². The first-order valence-electron chi connectivity index (χ1n) is 6.47. The van der Waals surface area contributed by atoms with Gasteiger partial charge in [0.15, 0.2) is 4.77 Å². The topological polar surface area (TPSA) is 29.9 Å². The highest BCUT2D eigenvalue weighted by Crippen LogP contribution is 2.26. The Kier molecular flexibility index (Phi) is 3.10. The summed E-state index contributed by atoms with van der Waals surface area (Å²) in [6.07, 6.45) is 0. The summed E-state index contributed by atoms with van der Waals surface area (Å²) in [5, 5.41) is 0. The summed E-state index contributed by atoms with van der Waals surface area (Å²) in [6.45, 7) is 4.23. The number of nitrogens with one attached hydrogen (secondary N) is 1. The number of imidazole rings is 1. The van der Waals surface area contributed by atoms with Crippen molar-refractivity contribution in [2.45, 2.75) is 13.8 Å². The van der Waals surface area contributed by atoms with E-state index in [1.165, 1.54) is 11.1 Å². The van der Waals surface area contributed by atoms with E-state index >= 15 is 0 Å². The van der Waals surface area contributed by atoms with Crippen molar-refractivity contribution in [2.75, 3.05) is 7.11 Å². The molecule has 3 nitrogen and oxygen atoms in total. The van der Waals surface area contributed by atoms with E-state index in [1.54, 1.807) is 7.11 Å². The zero-order valence-corrected chi connectivity index (χ0v) is 12.5. The van der Waals surface area contributed by atoms with Gasteiger partial charge in [-0.2, -0.15) is 0 Å². The second-order valence-corrected chi connectivity index (χ2v) is 5.25. The lowest BCUT2D eigenvalue weighted by molar-refractivity contribution is 0.415. The molecule has 0 unspecified atom stereocenters. The van der Waals surface area contributed by atoms with Crippen molar-refractivity contribution in [3.63, 3.8) is 0 Å². The fraction of sp³-hybridized carbons (Fsp3) is 0.188. The first-order chi connectivity index (χ1) is 9.61. The summed E-state index contributed by atoms with van der Waals surface area (Å²) >= 11 is 5.48. The third kappa shape index (κ3) is 1.93. The molecule has 3 aromatic rings. The minimum Gasteiger partial charge on any atom is -0.497 e. The number of aromatic amines is 1. The van der Waals surface area contributed by atoms with Crippen molar-refractivity contribution in [1.82, 2.24) is 9.55 Å². The van der Waals surface area contributed by atoms with Crippen molar-refractivity contribution in [3.05, 3.63) is 52.3 Å². The largest absolute Gasteiger partial charge is 0.497 e. The van der Waals surface area contributed by atoms with Crippen molar-refractivity contribution < 1.29 is 4.74 Å². The minimum atomic E-state index is 0.696. The van der Waals surface area contributed by atoms with Gasteiger partial charge in [-0.05, 0) is 55.4 Å². The second kappa shape index (κ2) is 4.80. The van der Waals surface area contributed by atoms with Gasteiger partial charge >= 0.3 is 0 Å². The predicted molar refractivity (Wildman–Crippen MR) is 84.5 cm³/mol. The SMILES string of the molecule is COc1ccc2[nH]c(=S)n(-c3cccc(C)c3C)c2c1. The van der Waals surface area contributed by atoms with E-state index in [2.05, 4.69) is 41.6 Å². The van der Waals surface area contributed by atoms with Gasteiger partial charge in [-0.1, -0.05) is 12.1 Å². The molecule has 0 saturated carbocycles. The summed E-state index contributed by atoms with van der Waals surface area (Å²) in [5.74, 6) is 0.825. The molecule has 20 heavy (non-hydrogen) atoms. The molecule has 0 saturated heterocycles. The van der Waals surface area contributed by atoms with Gasteiger partial charge in [0.25, 0.3) is 0 Å². The molecule has 1 N–H and O–H groups in total. The van der Waals surface area contributed by atoms with Crippen molar-refractivity contribution >= 4 is 23.3 Å². The molecule has 0 aliphatic rings. The first kappa shape index (κ1) is 12.9. The molecule has 0 aliphatic heterocycles. The molecule has 0 fully saturated rings. The summed E-state index contributed by atoms with van der Waals surface area (Å²) in [7, 11) is 1.67. The van der Waals surface area contributed by atoms with Gasteiger partial charge in [0, 0.05) is 6.07 Å². The molecule has 0 amide bonds. The summed E-state index contributed by atoms with van der Waals surface area (Å²) in [6, 6.07) is 12.2. The average Bonchev–Trinajstić information content (AvgIpc) is 2.77. The number of ether oxygens (including phenoxy) is 1. The zero-order valence-electron chi connectivity index (χ0n) is 11.7. The van der Waals surface area contributed by atoms with Gasteiger partial charge in [0.1, 0.15) is 5.75 Å². The Morgan fingerprint density at radius 1 is 1.15 bits per heavy atom. The van der Waals surface area contributed by atoms with Crippen LogP contribution in [0.2, 0.25) is 0 Å². The fourth-order valence-electron chi connectivity index (χ4n) is 2.43. The summed E-state index contributed by atoms with van der Waals surface area (Å²) in [5.41, 5.74) is 5.63. The normalized spacial score (nSPS) is 10.9. The maximum atomic E-state index is 5.48. The van der Waals surface area contributed by atoms with Crippen LogP contribution in [0.15, 0.2) is 36.4 Å². The Morgan fingerprint density at radius 2 is 1.95 bits per heavy atom. The third-order valence-corrected chi connectivity index (χ3v) is 3.99. The molecule has 4 heteroatoms. The van der Waals surface area contributed by atoms with E-state index in [1.807, 2.05) is 18.2 Å². The summed E-state index contributed by atoms with van der Waals surface area (Å²) < 4.78 is 8.08. The van der Waals surface area contributed by atoms with E-state index < -0.39 is 0 Å². The molecule has 0 atom stereocenters. The summed E-state index contributed by atoms with van der Waals surface area (Å²) in [4.78, 5) is 3.25. The molecule has 0 aliphatic carbocycles. The monoisotopic (exact) mass is 284 g/mol. The Morgan fingerprint density at radius 3 is 2.70 bits per heavy atom. The first-order valence-corrected chi connectivity index (χ1v) is 6.88. The molecule has 3 rings (SSSR count). The number of hydrogen-bond acceptors (Lipinski definition) is 2. The van der Waals surface area contributed by atoms with Gasteiger partial charge in [-0.3, -0.25) is 4.57 Å².